The van der Waals surface area contributed by atoms with Crippen molar-refractivity contribution in [2.45, 2.75) is 13.1 Å². The molecule has 0 saturated carbocycles. The number of aromatic nitrogens is 2. The van der Waals surface area contributed by atoms with Gasteiger partial charge in [0.05, 0.1) is 27.8 Å². The van der Waals surface area contributed by atoms with E-state index in [4.69, 9.17) is 11.6 Å². The van der Waals surface area contributed by atoms with E-state index in [2.05, 4.69) is 10.3 Å². The lowest BCUT2D eigenvalue weighted by Crippen LogP contribution is -2.18. The summed E-state index contributed by atoms with van der Waals surface area (Å²) in [6, 6.07) is 3.08. The number of aryl methyl sites for hydroxylation is 2. The fraction of sp³-hybridized carbons (Fsp3) is 0.188. The zero-order valence-corrected chi connectivity index (χ0v) is 15.0. The minimum Gasteiger partial charge on any atom is -0.321 e. The lowest BCUT2D eigenvalue weighted by molar-refractivity contribution is -0.136. The first-order valence-corrected chi connectivity index (χ1v) is 8.42. The first-order chi connectivity index (χ1) is 12.1. The number of halogens is 4. The molecule has 0 aliphatic rings. The maximum absolute atomic E-state index is 13.2. The summed E-state index contributed by atoms with van der Waals surface area (Å²) in [5.41, 5.74) is -1.42. The van der Waals surface area contributed by atoms with Gasteiger partial charge in [-0.25, -0.2) is 4.98 Å². The predicted molar refractivity (Wildman–Crippen MR) is 94.0 cm³/mol. The quantitative estimate of drug-likeness (QED) is 0.699. The van der Waals surface area contributed by atoms with E-state index in [9.17, 15) is 22.8 Å². The molecular weight excluding hydrogens is 391 g/mol. The van der Waals surface area contributed by atoms with Crippen LogP contribution in [-0.2, 0) is 13.2 Å². The SMILES string of the molecule is Cc1c(C(=O)Nc2ccc(Cl)cc2C(F)(F)F)sc2ncn(C)c(=O)c12. The van der Waals surface area contributed by atoms with Crippen molar-refractivity contribution >= 4 is 44.7 Å². The summed E-state index contributed by atoms with van der Waals surface area (Å²) >= 11 is 6.58. The molecule has 0 fully saturated rings. The van der Waals surface area contributed by atoms with Gasteiger partial charge in [0.25, 0.3) is 11.5 Å². The van der Waals surface area contributed by atoms with Crippen LogP contribution < -0.4 is 10.9 Å². The van der Waals surface area contributed by atoms with Gasteiger partial charge >= 0.3 is 6.18 Å². The molecule has 3 rings (SSSR count). The molecule has 10 heteroatoms. The van der Waals surface area contributed by atoms with Gasteiger partial charge in [-0.15, -0.1) is 11.3 Å². The Morgan fingerprint density at radius 3 is 2.69 bits per heavy atom. The normalized spacial score (nSPS) is 11.8. The molecule has 0 aliphatic heterocycles. The minimum absolute atomic E-state index is 0.0962. The number of benzene rings is 1. The average Bonchev–Trinajstić information content (AvgIpc) is 2.89. The molecule has 1 aromatic carbocycles. The minimum atomic E-state index is -4.68. The number of thiophene rings is 1. The summed E-state index contributed by atoms with van der Waals surface area (Å²) < 4.78 is 40.8. The highest BCUT2D eigenvalue weighted by atomic mass is 35.5. The van der Waals surface area contributed by atoms with Crippen molar-refractivity contribution in [3.8, 4) is 0 Å². The van der Waals surface area contributed by atoms with Gasteiger partial charge in [-0.05, 0) is 30.7 Å². The lowest BCUT2D eigenvalue weighted by atomic mass is 10.1. The van der Waals surface area contributed by atoms with Crippen LogP contribution in [0, 0.1) is 6.92 Å². The van der Waals surface area contributed by atoms with E-state index >= 15 is 0 Å². The molecule has 3 aromatic rings. The third kappa shape index (κ3) is 3.19. The van der Waals surface area contributed by atoms with Gasteiger partial charge in [0.1, 0.15) is 4.83 Å². The van der Waals surface area contributed by atoms with Crippen LogP contribution in [0.3, 0.4) is 0 Å². The highest BCUT2D eigenvalue weighted by molar-refractivity contribution is 7.20. The number of anilines is 1. The summed E-state index contributed by atoms with van der Waals surface area (Å²) in [6.45, 7) is 1.56. The van der Waals surface area contributed by atoms with E-state index in [1.807, 2.05) is 0 Å². The van der Waals surface area contributed by atoms with Gasteiger partial charge in [0.2, 0.25) is 0 Å². The van der Waals surface area contributed by atoms with Crippen LogP contribution in [0.25, 0.3) is 10.2 Å². The van der Waals surface area contributed by atoms with Crippen LogP contribution in [0.4, 0.5) is 18.9 Å². The fourth-order valence-electron chi connectivity index (χ4n) is 2.46. The Hall–Kier alpha value is -2.39. The van der Waals surface area contributed by atoms with Gasteiger partial charge in [-0.3, -0.25) is 9.59 Å². The van der Waals surface area contributed by atoms with Crippen LogP contribution in [0.1, 0.15) is 20.8 Å². The number of rotatable bonds is 2. The van der Waals surface area contributed by atoms with Crippen molar-refractivity contribution in [2.75, 3.05) is 5.32 Å². The second-order valence-corrected chi connectivity index (χ2v) is 6.97. The van der Waals surface area contributed by atoms with Crippen molar-refractivity contribution in [3.63, 3.8) is 0 Å². The molecule has 5 nitrogen and oxygen atoms in total. The number of nitrogens with one attached hydrogen (secondary N) is 1. The maximum atomic E-state index is 13.2. The maximum Gasteiger partial charge on any atom is 0.418 e. The van der Waals surface area contributed by atoms with E-state index in [1.54, 1.807) is 6.92 Å². The van der Waals surface area contributed by atoms with Crippen molar-refractivity contribution in [2.24, 2.45) is 7.05 Å². The molecule has 0 aliphatic carbocycles. The average molecular weight is 402 g/mol. The Balaban J connectivity index is 2.05. The summed E-state index contributed by atoms with van der Waals surface area (Å²) in [4.78, 5) is 29.3. The van der Waals surface area contributed by atoms with Gasteiger partial charge in [-0.2, -0.15) is 13.2 Å². The van der Waals surface area contributed by atoms with Crippen molar-refractivity contribution in [3.05, 3.63) is 55.9 Å². The van der Waals surface area contributed by atoms with E-state index in [-0.39, 0.29) is 20.8 Å². The number of amides is 1. The molecular formula is C16H11ClF3N3O2S. The molecule has 1 amide bonds. The van der Waals surface area contributed by atoms with Gasteiger partial charge in [0, 0.05) is 12.1 Å². The number of nitrogens with zero attached hydrogens (tertiary/aromatic N) is 2. The molecule has 26 heavy (non-hydrogen) atoms. The first kappa shape index (κ1) is 18.4. The van der Waals surface area contributed by atoms with E-state index < -0.39 is 23.3 Å². The zero-order chi connectivity index (χ0) is 19.2. The van der Waals surface area contributed by atoms with Crippen LogP contribution in [0.5, 0.6) is 0 Å². The zero-order valence-electron chi connectivity index (χ0n) is 13.4. The summed E-state index contributed by atoms with van der Waals surface area (Å²) in [5.74, 6) is -0.750. The Labute approximate surface area is 154 Å². The predicted octanol–water partition coefficient (Wildman–Crippen LogP) is 4.23. The van der Waals surface area contributed by atoms with Crippen molar-refractivity contribution in [1.82, 2.24) is 9.55 Å². The Bertz CT molecular complexity index is 1090. The topological polar surface area (TPSA) is 64.0 Å². The van der Waals surface area contributed by atoms with E-state index in [0.717, 1.165) is 23.5 Å². The smallest absolute Gasteiger partial charge is 0.321 e. The monoisotopic (exact) mass is 401 g/mol. The highest BCUT2D eigenvalue weighted by Crippen LogP contribution is 2.37. The summed E-state index contributed by atoms with van der Waals surface area (Å²) in [7, 11) is 1.52. The number of fused-ring (bicyclic) bond motifs is 1. The Morgan fingerprint density at radius 2 is 2.04 bits per heavy atom. The third-order valence-electron chi connectivity index (χ3n) is 3.75. The largest absolute Gasteiger partial charge is 0.418 e. The second kappa shape index (κ2) is 6.40. The Morgan fingerprint density at radius 1 is 1.35 bits per heavy atom. The fourth-order valence-corrected chi connectivity index (χ4v) is 3.67. The van der Waals surface area contributed by atoms with Gasteiger partial charge in [-0.1, -0.05) is 11.6 Å². The number of carbonyl (C=O) groups is 1. The molecule has 0 atom stereocenters. The number of alkyl halides is 3. The highest BCUT2D eigenvalue weighted by Gasteiger charge is 2.34. The summed E-state index contributed by atoms with van der Waals surface area (Å²) in [6.07, 6.45) is -3.36. The van der Waals surface area contributed by atoms with Crippen LogP contribution in [0.15, 0.2) is 29.3 Å². The Kier molecular flexibility index (Phi) is 4.53. The van der Waals surface area contributed by atoms with Crippen LogP contribution in [-0.4, -0.2) is 15.5 Å². The van der Waals surface area contributed by atoms with Gasteiger partial charge in [0.15, 0.2) is 0 Å². The van der Waals surface area contributed by atoms with E-state index in [1.165, 1.54) is 24.0 Å². The van der Waals surface area contributed by atoms with Crippen LogP contribution in [0.2, 0.25) is 5.02 Å². The molecule has 0 spiro atoms. The van der Waals surface area contributed by atoms with Crippen molar-refractivity contribution < 1.29 is 18.0 Å². The second-order valence-electron chi connectivity index (χ2n) is 5.54. The number of hydrogen-bond donors (Lipinski definition) is 1. The molecule has 1 N–H and O–H groups in total. The van der Waals surface area contributed by atoms with E-state index in [0.29, 0.717) is 10.4 Å². The molecule has 2 heterocycles. The standard InChI is InChI=1S/C16H11ClF3N3O2S/c1-7-11-14(21-6-23(2)15(11)25)26-12(7)13(24)22-10-4-3-8(17)5-9(10)16(18,19)20/h3-6H,1-2H3,(H,22,24). The molecule has 0 unspecified atom stereocenters. The van der Waals surface area contributed by atoms with Gasteiger partial charge < -0.3 is 9.88 Å². The molecule has 0 radical (unpaired) electrons. The molecule has 0 bridgehead atoms. The van der Waals surface area contributed by atoms with Crippen LogP contribution >= 0.6 is 22.9 Å². The lowest BCUT2D eigenvalue weighted by Gasteiger charge is -2.14. The number of carbonyl (C=O) groups excluding carboxylic acids is 1. The first-order valence-electron chi connectivity index (χ1n) is 7.22. The third-order valence-corrected chi connectivity index (χ3v) is 5.19. The molecule has 0 saturated heterocycles. The summed E-state index contributed by atoms with van der Waals surface area (Å²) in [5, 5.41) is 2.43. The van der Waals surface area contributed by atoms with Crippen molar-refractivity contribution in [1.29, 1.82) is 0 Å². The molecule has 136 valence electrons. The number of hydrogen-bond acceptors (Lipinski definition) is 4. The molecule has 2 aromatic heterocycles.